The molecule has 0 saturated heterocycles. The molecule has 92 valence electrons. The molecule has 0 aromatic heterocycles. The van der Waals surface area contributed by atoms with E-state index in [-0.39, 0.29) is 94.1 Å². The van der Waals surface area contributed by atoms with Crippen molar-refractivity contribution >= 4 is 11.6 Å². The van der Waals surface area contributed by atoms with Crippen molar-refractivity contribution in [3.8, 4) is 0 Å². The molecule has 0 atom stereocenters. The Hall–Kier alpha value is 0.665. The van der Waals surface area contributed by atoms with E-state index in [1.807, 2.05) is 0 Å². The second-order valence-corrected chi connectivity index (χ2v) is 1.86. The minimum absolute atomic E-state index is 0. The molecule has 0 rings (SSSR count). The average molecular weight is 345 g/mol. The largest absolute Gasteiger partial charge is 0.358 e. The molecule has 0 N–H and O–H groups in total. The summed E-state index contributed by atoms with van der Waals surface area (Å²) in [5.74, 6) is -0.0644. The van der Waals surface area contributed by atoms with Gasteiger partial charge in [-0.2, -0.15) is 0 Å². The number of carbonyl (C=O) groups excluding carboxylic acids is 2. The predicted octanol–water partition coefficient (Wildman–Crippen LogP) is 2.95. The Morgan fingerprint density at radius 1 is 1.00 bits per heavy atom. The van der Waals surface area contributed by atoms with Gasteiger partial charge in [0.2, 0.25) is 0 Å². The summed E-state index contributed by atoms with van der Waals surface area (Å²) < 4.78 is 0. The number of rotatable bonds is 4. The Kier molecular flexibility index (Phi) is 61.1. The quantitative estimate of drug-likeness (QED) is 0.580. The number of ketones is 2. The normalized spacial score (nSPS) is 5.86. The zero-order valence-electron chi connectivity index (χ0n) is 10.00. The Balaban J connectivity index is -0.0000000320. The molecule has 3 heteroatoms. The Morgan fingerprint density at radius 3 is 1.57 bits per heavy atom. The zero-order valence-corrected chi connectivity index (χ0v) is 12.3. The SMILES string of the molecule is [CH2-]CC(=O)CC(=O)CC.[CH3-].[CH3-].[CH3-].[CH3-].[Gd]. The van der Waals surface area contributed by atoms with Crippen molar-refractivity contribution in [2.75, 3.05) is 0 Å². The van der Waals surface area contributed by atoms with Gasteiger partial charge < -0.3 is 41.4 Å². The van der Waals surface area contributed by atoms with Crippen molar-refractivity contribution in [2.24, 2.45) is 0 Å². The van der Waals surface area contributed by atoms with Crippen molar-refractivity contribution in [1.29, 1.82) is 0 Å². The molecule has 2 nitrogen and oxygen atoms in total. The first-order valence-corrected chi connectivity index (χ1v) is 3.03. The zero-order chi connectivity index (χ0) is 7.28. The van der Waals surface area contributed by atoms with Gasteiger partial charge in [-0.3, -0.25) is 4.79 Å². The minimum atomic E-state index is -0.0677. The van der Waals surface area contributed by atoms with Gasteiger partial charge in [0.15, 0.2) is 0 Å². The van der Waals surface area contributed by atoms with E-state index in [0.29, 0.717) is 6.42 Å². The molecule has 0 radical (unpaired) electrons. The molecule has 0 saturated carbocycles. The molecule has 0 spiro atoms. The van der Waals surface area contributed by atoms with E-state index in [4.69, 9.17) is 0 Å². The van der Waals surface area contributed by atoms with E-state index >= 15 is 0 Å². The monoisotopic (exact) mass is 345 g/mol. The Bertz CT molecular complexity index is 108. The van der Waals surface area contributed by atoms with E-state index in [9.17, 15) is 9.59 Å². The van der Waals surface area contributed by atoms with Crippen LogP contribution in [0.2, 0.25) is 0 Å². The van der Waals surface area contributed by atoms with Gasteiger partial charge in [0.05, 0.1) is 6.42 Å². The van der Waals surface area contributed by atoms with Crippen LogP contribution in [0.5, 0.6) is 0 Å². The summed E-state index contributed by atoms with van der Waals surface area (Å²) in [4.78, 5) is 21.0. The fourth-order valence-corrected chi connectivity index (χ4v) is 0.433. The van der Waals surface area contributed by atoms with Gasteiger partial charge in [0, 0.05) is 46.4 Å². The van der Waals surface area contributed by atoms with Gasteiger partial charge in [0.25, 0.3) is 0 Å². The van der Waals surface area contributed by atoms with Crippen LogP contribution in [0.15, 0.2) is 0 Å². The molecule has 0 bridgehead atoms. The predicted molar refractivity (Wildman–Crippen MR) is 60.6 cm³/mol. The van der Waals surface area contributed by atoms with Crippen LogP contribution in [-0.2, 0) is 9.59 Å². The number of hydrogen-bond acceptors (Lipinski definition) is 2. The summed E-state index contributed by atoms with van der Waals surface area (Å²) in [6.07, 6.45) is 0.747. The summed E-state index contributed by atoms with van der Waals surface area (Å²) in [7, 11) is 0. The fourth-order valence-electron chi connectivity index (χ4n) is 0.433. The van der Waals surface area contributed by atoms with E-state index in [1.54, 1.807) is 6.92 Å². The van der Waals surface area contributed by atoms with Crippen LogP contribution in [0.3, 0.4) is 0 Å². The molecule has 0 amide bonds. The summed E-state index contributed by atoms with van der Waals surface area (Å²) in [6, 6.07) is 0. The third-order valence-corrected chi connectivity index (χ3v) is 1.07. The molecule has 0 aromatic rings. The first-order valence-electron chi connectivity index (χ1n) is 3.03. The van der Waals surface area contributed by atoms with Gasteiger partial charge in [0.1, 0.15) is 11.6 Å². The Morgan fingerprint density at radius 2 is 1.36 bits per heavy atom. The maximum atomic E-state index is 10.5. The van der Waals surface area contributed by atoms with E-state index in [1.165, 1.54) is 0 Å². The molecule has 14 heavy (non-hydrogen) atoms. The van der Waals surface area contributed by atoms with Crippen molar-refractivity contribution in [2.45, 2.75) is 26.2 Å². The topological polar surface area (TPSA) is 34.1 Å². The molecule has 0 heterocycles. The maximum absolute atomic E-state index is 10.5. The van der Waals surface area contributed by atoms with Crippen molar-refractivity contribution in [1.82, 2.24) is 0 Å². The van der Waals surface area contributed by atoms with Gasteiger partial charge in [-0.1, -0.05) is 6.92 Å². The Labute approximate surface area is 123 Å². The average Bonchev–Trinajstić information content (AvgIpc) is 1.87. The van der Waals surface area contributed by atoms with Crippen molar-refractivity contribution in [3.05, 3.63) is 36.6 Å². The van der Waals surface area contributed by atoms with Crippen LogP contribution in [0, 0.1) is 76.6 Å². The van der Waals surface area contributed by atoms with E-state index < -0.39 is 0 Å². The standard InChI is InChI=1S/C7H11O2.4CH3.Gd/c1-3-6(8)5-7(9)4-2;;;;;/h1,3-5H2,2H3;4*1H3;/q5*-1;. The summed E-state index contributed by atoms with van der Waals surface area (Å²) >= 11 is 0. The molecular formula is C11H23GdO2-5. The van der Waals surface area contributed by atoms with Crippen LogP contribution >= 0.6 is 0 Å². The van der Waals surface area contributed by atoms with Crippen LogP contribution < -0.4 is 0 Å². The van der Waals surface area contributed by atoms with Crippen LogP contribution in [0.25, 0.3) is 0 Å². The molecular weight excluding hydrogens is 321 g/mol. The van der Waals surface area contributed by atoms with Gasteiger partial charge in [-0.15, -0.1) is 6.42 Å². The first kappa shape index (κ1) is 36.5. The molecule has 0 aliphatic carbocycles. The molecule has 0 aliphatic rings. The smallest absolute Gasteiger partial charge is 0.139 e. The van der Waals surface area contributed by atoms with Crippen molar-refractivity contribution in [3.63, 3.8) is 0 Å². The summed E-state index contributed by atoms with van der Waals surface area (Å²) in [5.41, 5.74) is 0. The van der Waals surface area contributed by atoms with Crippen LogP contribution in [0.4, 0.5) is 0 Å². The molecule has 0 fully saturated rings. The molecule has 0 aromatic carbocycles. The van der Waals surface area contributed by atoms with Crippen LogP contribution in [-0.4, -0.2) is 11.6 Å². The second-order valence-electron chi connectivity index (χ2n) is 1.86. The van der Waals surface area contributed by atoms with Crippen molar-refractivity contribution < 1.29 is 49.5 Å². The maximum Gasteiger partial charge on any atom is 0.139 e. The molecule has 0 unspecified atom stereocenters. The summed E-state index contributed by atoms with van der Waals surface area (Å²) in [6.45, 7) is 5.12. The van der Waals surface area contributed by atoms with Gasteiger partial charge in [-0.05, 0) is 0 Å². The third kappa shape index (κ3) is 23.0. The first-order chi connectivity index (χ1) is 4.20. The summed E-state index contributed by atoms with van der Waals surface area (Å²) in [5, 5.41) is 0. The number of Topliss-reactive ketones (excluding diaryl/α,β-unsaturated/α-hetero) is 2. The number of carbonyl (C=O) groups is 2. The van der Waals surface area contributed by atoms with Gasteiger partial charge in [-0.25, -0.2) is 0 Å². The minimum Gasteiger partial charge on any atom is -0.358 e. The van der Waals surface area contributed by atoms with Crippen LogP contribution in [0.1, 0.15) is 26.2 Å². The van der Waals surface area contributed by atoms with E-state index in [2.05, 4.69) is 6.92 Å². The van der Waals surface area contributed by atoms with Gasteiger partial charge >= 0.3 is 0 Å². The number of hydrogen-bond donors (Lipinski definition) is 0. The third-order valence-electron chi connectivity index (χ3n) is 1.07. The van der Waals surface area contributed by atoms with E-state index in [0.717, 1.165) is 0 Å². The molecule has 0 aliphatic heterocycles. The second kappa shape index (κ2) is 23.5. The fraction of sp³-hybridized carbons (Fsp3) is 0.364.